The molecule has 5 aliphatic rings. The van der Waals surface area contributed by atoms with Crippen LogP contribution in [0.3, 0.4) is 0 Å². The second kappa shape index (κ2) is 7.22. The van der Waals surface area contributed by atoms with E-state index in [0.29, 0.717) is 24.9 Å². The fourth-order valence-corrected chi connectivity index (χ4v) is 6.94. The molecule has 36 heavy (non-hydrogen) atoms. The highest BCUT2D eigenvalue weighted by molar-refractivity contribution is 5.72. The van der Waals surface area contributed by atoms with Gasteiger partial charge in [-0.1, -0.05) is 37.3 Å². The van der Waals surface area contributed by atoms with E-state index in [1.807, 2.05) is 23.3 Å². The van der Waals surface area contributed by atoms with Crippen molar-refractivity contribution < 1.29 is 14.3 Å². The highest BCUT2D eigenvalue weighted by atomic mass is 16.6. The van der Waals surface area contributed by atoms with Gasteiger partial charge in [-0.05, 0) is 50.8 Å². The molecule has 0 spiro atoms. The van der Waals surface area contributed by atoms with E-state index in [-0.39, 0.29) is 17.6 Å². The second-order valence-corrected chi connectivity index (χ2v) is 12.0. The molecule has 4 atom stereocenters. The summed E-state index contributed by atoms with van der Waals surface area (Å²) in [6.07, 6.45) is 3.78. The maximum Gasteiger partial charge on any atom is 0.410 e. The van der Waals surface area contributed by atoms with Crippen LogP contribution in [0.5, 0.6) is 0 Å². The lowest BCUT2D eigenvalue weighted by Gasteiger charge is -2.46. The molecule has 0 N–H and O–H groups in total. The predicted molar refractivity (Wildman–Crippen MR) is 135 cm³/mol. The third-order valence-electron chi connectivity index (χ3n) is 8.82. The predicted octanol–water partition coefficient (Wildman–Crippen LogP) is 4.05. The first kappa shape index (κ1) is 22.1. The fraction of sp³-hybridized carbons (Fsp3) is 0.536. The highest BCUT2D eigenvalue weighted by Crippen LogP contribution is 2.57. The van der Waals surface area contributed by atoms with Crippen molar-refractivity contribution in [2.75, 3.05) is 31.1 Å². The zero-order valence-corrected chi connectivity index (χ0v) is 21.4. The molecule has 1 amide bonds. The molecule has 4 saturated heterocycles. The molecule has 3 aromatic rings. The number of aromatic nitrogens is 3. The third-order valence-corrected chi connectivity index (χ3v) is 8.82. The van der Waals surface area contributed by atoms with Crippen molar-refractivity contribution in [2.45, 2.75) is 63.2 Å². The summed E-state index contributed by atoms with van der Waals surface area (Å²) in [7, 11) is 0. The summed E-state index contributed by atoms with van der Waals surface area (Å²) in [4.78, 5) is 21.9. The Labute approximate surface area is 211 Å². The molecule has 8 rings (SSSR count). The maximum atomic E-state index is 12.7. The first-order chi connectivity index (χ1) is 17.2. The summed E-state index contributed by atoms with van der Waals surface area (Å²) in [5, 5.41) is 4.95. The number of rotatable bonds is 4. The number of benzene rings is 1. The van der Waals surface area contributed by atoms with E-state index in [0.717, 1.165) is 42.8 Å². The minimum Gasteiger partial charge on any atom is -0.441 e. The van der Waals surface area contributed by atoms with Crippen LogP contribution in [0, 0.1) is 12.8 Å². The van der Waals surface area contributed by atoms with E-state index in [1.165, 1.54) is 5.56 Å². The summed E-state index contributed by atoms with van der Waals surface area (Å²) in [5.41, 5.74) is 3.46. The summed E-state index contributed by atoms with van der Waals surface area (Å²) in [6.45, 7) is 11.5. The van der Waals surface area contributed by atoms with Gasteiger partial charge in [0.15, 0.2) is 17.1 Å². The first-order valence-corrected chi connectivity index (χ1v) is 13.0. The largest absolute Gasteiger partial charge is 0.441 e. The summed E-state index contributed by atoms with van der Waals surface area (Å²) < 4.78 is 13.8. The molecule has 0 radical (unpaired) electrons. The van der Waals surface area contributed by atoms with E-state index in [4.69, 9.17) is 19.6 Å². The SMILES string of the molecule is Cc1cc(N2CC[C@](C)(c3ccccc3)C2)cn2nc(C34CC(CO3)C4N3CC(C)(C)OC3=O)nc12. The number of hydrogen-bond donors (Lipinski definition) is 0. The lowest BCUT2D eigenvalue weighted by Crippen LogP contribution is -2.60. The second-order valence-electron chi connectivity index (χ2n) is 12.0. The van der Waals surface area contributed by atoms with Gasteiger partial charge in [-0.25, -0.2) is 14.3 Å². The number of carbonyl (C=O) groups excluding carboxylic acids is 1. The Morgan fingerprint density at radius 3 is 2.64 bits per heavy atom. The highest BCUT2D eigenvalue weighted by Gasteiger charge is 2.68. The fourth-order valence-electron chi connectivity index (χ4n) is 6.94. The van der Waals surface area contributed by atoms with Gasteiger partial charge >= 0.3 is 6.09 Å². The molecule has 1 aliphatic carbocycles. The zero-order chi connectivity index (χ0) is 24.9. The number of anilines is 1. The summed E-state index contributed by atoms with van der Waals surface area (Å²) in [5.74, 6) is 0.976. The summed E-state index contributed by atoms with van der Waals surface area (Å²) >= 11 is 0. The third kappa shape index (κ3) is 3.06. The Morgan fingerprint density at radius 2 is 1.92 bits per heavy atom. The van der Waals surface area contributed by atoms with Crippen LogP contribution in [0.15, 0.2) is 42.6 Å². The van der Waals surface area contributed by atoms with Gasteiger partial charge in [0.05, 0.1) is 31.1 Å². The number of aryl methyl sites for hydroxylation is 1. The number of carbonyl (C=O) groups is 1. The van der Waals surface area contributed by atoms with Crippen LogP contribution in [0.25, 0.3) is 5.65 Å². The van der Waals surface area contributed by atoms with Crippen molar-refractivity contribution in [3.05, 3.63) is 59.5 Å². The molecule has 6 heterocycles. The molecule has 2 bridgehead atoms. The number of ether oxygens (including phenoxy) is 2. The molecule has 5 fully saturated rings. The zero-order valence-electron chi connectivity index (χ0n) is 21.4. The molecule has 2 aromatic heterocycles. The van der Waals surface area contributed by atoms with Crippen LogP contribution < -0.4 is 4.90 Å². The van der Waals surface area contributed by atoms with E-state index in [9.17, 15) is 4.79 Å². The molecule has 1 aromatic carbocycles. The maximum absolute atomic E-state index is 12.7. The van der Waals surface area contributed by atoms with Crippen molar-refractivity contribution in [1.29, 1.82) is 0 Å². The monoisotopic (exact) mass is 487 g/mol. The van der Waals surface area contributed by atoms with Crippen molar-refractivity contribution in [2.24, 2.45) is 5.92 Å². The Kier molecular flexibility index (Phi) is 4.43. The van der Waals surface area contributed by atoms with Crippen molar-refractivity contribution in [3.63, 3.8) is 0 Å². The van der Waals surface area contributed by atoms with E-state index < -0.39 is 11.2 Å². The molecule has 8 nitrogen and oxygen atoms in total. The van der Waals surface area contributed by atoms with Gasteiger partial charge in [0.2, 0.25) is 0 Å². The van der Waals surface area contributed by atoms with Crippen LogP contribution in [-0.4, -0.2) is 63.5 Å². The molecule has 3 unspecified atom stereocenters. The minimum absolute atomic E-state index is 0.0749. The molecular formula is C28H33N5O3. The Balaban J connectivity index is 1.20. The van der Waals surface area contributed by atoms with Crippen LogP contribution >= 0.6 is 0 Å². The van der Waals surface area contributed by atoms with Gasteiger partial charge < -0.3 is 14.4 Å². The standard InChI is InChI=1S/C28H33N5O3/c1-18-12-21(31-11-10-27(4,17-31)20-8-6-5-7-9-20)14-33-23(18)29-24(30-33)28-13-19(15-35-28)22(28)32-16-26(2,3)36-25(32)34/h5-9,12,14,19,22H,10-11,13,15-17H2,1-4H3/t19?,22?,27-,28?/m0/s1. The van der Waals surface area contributed by atoms with Gasteiger partial charge in [-0.2, -0.15) is 0 Å². The Morgan fingerprint density at radius 1 is 1.11 bits per heavy atom. The lowest BCUT2D eigenvalue weighted by molar-refractivity contribution is -0.0742. The number of pyridine rings is 1. The summed E-state index contributed by atoms with van der Waals surface area (Å²) in [6, 6.07) is 13.0. The van der Waals surface area contributed by atoms with Crippen molar-refractivity contribution in [3.8, 4) is 0 Å². The van der Waals surface area contributed by atoms with Gasteiger partial charge in [0, 0.05) is 24.4 Å². The molecule has 188 valence electrons. The van der Waals surface area contributed by atoms with Gasteiger partial charge in [0.1, 0.15) is 5.60 Å². The van der Waals surface area contributed by atoms with E-state index in [1.54, 1.807) is 0 Å². The molecular weight excluding hydrogens is 454 g/mol. The number of fused-ring (bicyclic) bond motifs is 2. The van der Waals surface area contributed by atoms with Gasteiger partial charge in [-0.15, -0.1) is 5.10 Å². The smallest absolute Gasteiger partial charge is 0.410 e. The van der Waals surface area contributed by atoms with Crippen LogP contribution in [0.4, 0.5) is 10.5 Å². The van der Waals surface area contributed by atoms with Crippen LogP contribution in [0.1, 0.15) is 50.6 Å². The molecule has 4 aliphatic heterocycles. The molecule has 1 saturated carbocycles. The molecule has 8 heteroatoms. The average Bonchev–Trinajstić information content (AvgIpc) is 3.63. The lowest BCUT2D eigenvalue weighted by atomic mass is 9.68. The van der Waals surface area contributed by atoms with Crippen LogP contribution in [-0.2, 0) is 20.5 Å². The Bertz CT molecular complexity index is 1370. The van der Waals surface area contributed by atoms with Crippen LogP contribution in [0.2, 0.25) is 0 Å². The normalized spacial score (nSPS) is 32.8. The van der Waals surface area contributed by atoms with Crippen molar-refractivity contribution in [1.82, 2.24) is 19.5 Å². The topological polar surface area (TPSA) is 72.2 Å². The average molecular weight is 488 g/mol. The number of cyclic esters (lactones) is 1. The number of amides is 1. The van der Waals surface area contributed by atoms with Crippen molar-refractivity contribution >= 4 is 17.4 Å². The number of nitrogens with zero attached hydrogens (tertiary/aromatic N) is 5. The quantitative estimate of drug-likeness (QED) is 0.553. The van der Waals surface area contributed by atoms with Gasteiger partial charge in [-0.3, -0.25) is 4.90 Å². The van der Waals surface area contributed by atoms with E-state index >= 15 is 0 Å². The minimum atomic E-state index is -0.651. The van der Waals surface area contributed by atoms with Gasteiger partial charge in [0.25, 0.3) is 0 Å². The van der Waals surface area contributed by atoms with E-state index in [2.05, 4.69) is 61.3 Å². The Hall–Kier alpha value is -3.13. The number of hydrogen-bond acceptors (Lipinski definition) is 6. The first-order valence-electron chi connectivity index (χ1n) is 13.0.